The molecule has 19 heavy (non-hydrogen) atoms. The quantitative estimate of drug-likeness (QED) is 0.598. The molecule has 0 atom stereocenters. The first-order chi connectivity index (χ1) is 9.16. The highest BCUT2D eigenvalue weighted by Crippen LogP contribution is 2.14. The summed E-state index contributed by atoms with van der Waals surface area (Å²) in [5.41, 5.74) is 0.506. The first-order valence-electron chi connectivity index (χ1n) is 6.56. The normalized spacial score (nSPS) is 15.7. The zero-order chi connectivity index (χ0) is 13.7. The Morgan fingerprint density at radius 3 is 2.16 bits per heavy atom. The molecular formula is C14H18N2O3. The van der Waals surface area contributed by atoms with Crippen LogP contribution in [-0.2, 0) is 9.59 Å². The van der Waals surface area contributed by atoms with Gasteiger partial charge in [0.25, 0.3) is 0 Å². The molecule has 0 unspecified atom stereocenters. The Bertz CT molecular complexity index is 448. The molecule has 2 N–H and O–H groups in total. The second-order valence-electron chi connectivity index (χ2n) is 4.71. The van der Waals surface area contributed by atoms with E-state index in [1.54, 1.807) is 17.0 Å². The third-order valence-corrected chi connectivity index (χ3v) is 3.21. The van der Waals surface area contributed by atoms with Crippen molar-refractivity contribution < 1.29 is 14.7 Å². The second kappa shape index (κ2) is 6.22. The van der Waals surface area contributed by atoms with E-state index in [1.807, 2.05) is 0 Å². The Morgan fingerprint density at radius 1 is 1.00 bits per heavy atom. The third-order valence-electron chi connectivity index (χ3n) is 3.21. The van der Waals surface area contributed by atoms with Crippen LogP contribution in [0.2, 0.25) is 0 Å². The molecule has 102 valence electrons. The number of phenols is 1. The summed E-state index contributed by atoms with van der Waals surface area (Å²) in [5, 5.41) is 11.7. The van der Waals surface area contributed by atoms with Gasteiger partial charge < -0.3 is 15.3 Å². The molecule has 0 saturated carbocycles. The third kappa shape index (κ3) is 3.71. The summed E-state index contributed by atoms with van der Waals surface area (Å²) in [6.45, 7) is 1.31. The van der Waals surface area contributed by atoms with Crippen molar-refractivity contribution >= 4 is 17.5 Å². The van der Waals surface area contributed by atoms with Crippen LogP contribution in [0.1, 0.15) is 25.7 Å². The van der Waals surface area contributed by atoms with Crippen molar-refractivity contribution in [1.29, 1.82) is 0 Å². The fourth-order valence-corrected chi connectivity index (χ4v) is 2.15. The Balaban J connectivity index is 1.94. The smallest absolute Gasteiger partial charge is 0.313 e. The summed E-state index contributed by atoms with van der Waals surface area (Å²) in [6.07, 6.45) is 4.14. The minimum absolute atomic E-state index is 0.122. The molecule has 0 spiro atoms. The number of nitrogens with zero attached hydrogens (tertiary/aromatic N) is 1. The number of nitrogens with one attached hydrogen (secondary N) is 1. The number of carbonyl (C=O) groups excluding carboxylic acids is 2. The first kappa shape index (κ1) is 13.4. The Morgan fingerprint density at radius 2 is 1.58 bits per heavy atom. The Labute approximate surface area is 112 Å². The lowest BCUT2D eigenvalue weighted by Crippen LogP contribution is -2.40. The number of likely N-dealkylation sites (tertiary alicyclic amines) is 1. The molecule has 2 rings (SSSR count). The number of aromatic hydroxyl groups is 1. The number of rotatable bonds is 1. The Hall–Kier alpha value is -2.04. The fourth-order valence-electron chi connectivity index (χ4n) is 2.15. The van der Waals surface area contributed by atoms with Crippen molar-refractivity contribution in [2.75, 3.05) is 18.4 Å². The maximum atomic E-state index is 12.0. The van der Waals surface area contributed by atoms with Crippen LogP contribution in [0, 0.1) is 0 Å². The highest BCUT2D eigenvalue weighted by atomic mass is 16.3. The number of hydrogen-bond donors (Lipinski definition) is 2. The number of phenolic OH excluding ortho intramolecular Hbond substituents is 1. The molecule has 5 nitrogen and oxygen atoms in total. The van der Waals surface area contributed by atoms with Crippen molar-refractivity contribution in [3.63, 3.8) is 0 Å². The maximum absolute atomic E-state index is 12.0. The van der Waals surface area contributed by atoms with Gasteiger partial charge in [-0.15, -0.1) is 0 Å². The predicted molar refractivity (Wildman–Crippen MR) is 71.8 cm³/mol. The zero-order valence-electron chi connectivity index (χ0n) is 10.8. The van der Waals surface area contributed by atoms with Crippen LogP contribution in [0.3, 0.4) is 0 Å². The SMILES string of the molecule is O=C(Nc1ccc(O)cc1)C(=O)N1CCCCCC1. The maximum Gasteiger partial charge on any atom is 0.313 e. The lowest BCUT2D eigenvalue weighted by Gasteiger charge is -2.19. The number of amides is 2. The van der Waals surface area contributed by atoms with E-state index < -0.39 is 11.8 Å². The van der Waals surface area contributed by atoms with Gasteiger partial charge in [0, 0.05) is 18.8 Å². The zero-order valence-corrected chi connectivity index (χ0v) is 10.8. The minimum atomic E-state index is -0.618. The summed E-state index contributed by atoms with van der Waals surface area (Å²) in [6, 6.07) is 6.05. The van der Waals surface area contributed by atoms with Gasteiger partial charge >= 0.3 is 11.8 Å². The van der Waals surface area contributed by atoms with Crippen molar-refractivity contribution in [3.05, 3.63) is 24.3 Å². The summed E-state index contributed by atoms with van der Waals surface area (Å²) >= 11 is 0. The van der Waals surface area contributed by atoms with E-state index in [0.717, 1.165) is 25.7 Å². The lowest BCUT2D eigenvalue weighted by atomic mass is 10.2. The van der Waals surface area contributed by atoms with Gasteiger partial charge in [0.1, 0.15) is 5.75 Å². The number of anilines is 1. The molecule has 2 amide bonds. The largest absolute Gasteiger partial charge is 0.508 e. The topological polar surface area (TPSA) is 69.6 Å². The standard InChI is InChI=1S/C14H18N2O3/c17-12-7-5-11(6-8-12)15-13(18)14(19)16-9-3-1-2-4-10-16/h5-8,17H,1-4,9-10H2,(H,15,18). The molecule has 1 fully saturated rings. The van der Waals surface area contributed by atoms with E-state index in [1.165, 1.54) is 12.1 Å². The first-order valence-corrected chi connectivity index (χ1v) is 6.56. The fraction of sp³-hybridized carbons (Fsp3) is 0.429. The molecule has 1 aliphatic heterocycles. The van der Waals surface area contributed by atoms with Gasteiger partial charge in [0.05, 0.1) is 0 Å². The molecule has 1 aromatic carbocycles. The van der Waals surface area contributed by atoms with Crippen molar-refractivity contribution in [3.8, 4) is 5.75 Å². The number of carbonyl (C=O) groups is 2. The van der Waals surface area contributed by atoms with E-state index >= 15 is 0 Å². The van der Waals surface area contributed by atoms with E-state index in [9.17, 15) is 9.59 Å². The van der Waals surface area contributed by atoms with E-state index in [-0.39, 0.29) is 5.75 Å². The Kier molecular flexibility index (Phi) is 4.39. The molecule has 1 heterocycles. The molecule has 0 aliphatic carbocycles. The molecule has 0 aromatic heterocycles. The molecular weight excluding hydrogens is 244 g/mol. The highest BCUT2D eigenvalue weighted by molar-refractivity contribution is 6.39. The molecule has 0 radical (unpaired) electrons. The van der Waals surface area contributed by atoms with Gasteiger partial charge in [-0.1, -0.05) is 12.8 Å². The van der Waals surface area contributed by atoms with Gasteiger partial charge in [-0.25, -0.2) is 0 Å². The van der Waals surface area contributed by atoms with Crippen LogP contribution in [-0.4, -0.2) is 34.9 Å². The lowest BCUT2D eigenvalue weighted by molar-refractivity contribution is -0.143. The second-order valence-corrected chi connectivity index (χ2v) is 4.71. The number of benzene rings is 1. The summed E-state index contributed by atoms with van der Waals surface area (Å²) in [5.74, 6) is -0.973. The number of hydrogen-bond acceptors (Lipinski definition) is 3. The molecule has 0 bridgehead atoms. The molecule has 1 aromatic rings. The molecule has 5 heteroatoms. The van der Waals surface area contributed by atoms with Crippen LogP contribution >= 0.6 is 0 Å². The van der Waals surface area contributed by atoms with Crippen LogP contribution in [0.4, 0.5) is 5.69 Å². The van der Waals surface area contributed by atoms with E-state index in [4.69, 9.17) is 5.11 Å². The molecule has 1 aliphatic rings. The van der Waals surface area contributed by atoms with Crippen molar-refractivity contribution in [2.24, 2.45) is 0 Å². The molecule has 1 saturated heterocycles. The van der Waals surface area contributed by atoms with Crippen LogP contribution in [0.15, 0.2) is 24.3 Å². The monoisotopic (exact) mass is 262 g/mol. The average molecular weight is 262 g/mol. The van der Waals surface area contributed by atoms with Crippen molar-refractivity contribution in [1.82, 2.24) is 4.90 Å². The van der Waals surface area contributed by atoms with Gasteiger partial charge in [-0.05, 0) is 37.1 Å². The predicted octanol–water partition coefficient (Wildman–Crippen LogP) is 1.73. The van der Waals surface area contributed by atoms with Crippen LogP contribution in [0.25, 0.3) is 0 Å². The van der Waals surface area contributed by atoms with Crippen LogP contribution in [0.5, 0.6) is 5.75 Å². The van der Waals surface area contributed by atoms with Crippen molar-refractivity contribution in [2.45, 2.75) is 25.7 Å². The minimum Gasteiger partial charge on any atom is -0.508 e. The summed E-state index contributed by atoms with van der Waals surface area (Å²) in [4.78, 5) is 25.4. The average Bonchev–Trinajstić information content (AvgIpc) is 2.69. The van der Waals surface area contributed by atoms with Gasteiger partial charge in [0.2, 0.25) is 0 Å². The van der Waals surface area contributed by atoms with Gasteiger partial charge in [-0.3, -0.25) is 9.59 Å². The highest BCUT2D eigenvalue weighted by Gasteiger charge is 2.22. The summed E-state index contributed by atoms with van der Waals surface area (Å²) < 4.78 is 0. The van der Waals surface area contributed by atoms with Gasteiger partial charge in [0.15, 0.2) is 0 Å². The van der Waals surface area contributed by atoms with Gasteiger partial charge in [-0.2, -0.15) is 0 Å². The van der Waals surface area contributed by atoms with Crippen LogP contribution < -0.4 is 5.32 Å². The summed E-state index contributed by atoms with van der Waals surface area (Å²) in [7, 11) is 0. The van der Waals surface area contributed by atoms with E-state index in [2.05, 4.69) is 5.32 Å². The van der Waals surface area contributed by atoms with E-state index in [0.29, 0.717) is 18.8 Å².